The van der Waals surface area contributed by atoms with Crippen LogP contribution in [0.15, 0.2) is 48.7 Å². The molecule has 1 fully saturated rings. The highest BCUT2D eigenvalue weighted by Gasteiger charge is 2.23. The minimum atomic E-state index is -0.331. The molecule has 0 saturated carbocycles. The number of nitriles is 1. The molecule has 41 heavy (non-hydrogen) atoms. The Morgan fingerprint density at radius 2 is 1.83 bits per heavy atom. The van der Waals surface area contributed by atoms with Gasteiger partial charge < -0.3 is 29.2 Å². The molecule has 1 saturated heterocycles. The Kier molecular flexibility index (Phi) is 7.56. The molecule has 0 bridgehead atoms. The monoisotopic (exact) mass is 553 g/mol. The molecule has 0 unspecified atom stereocenters. The van der Waals surface area contributed by atoms with Gasteiger partial charge in [0, 0.05) is 50.9 Å². The maximum atomic E-state index is 13.6. The number of likely N-dealkylation sites (N-methyl/N-ethyl adjacent to an activating group) is 1. The highest BCUT2D eigenvalue weighted by atomic mass is 16.5. The summed E-state index contributed by atoms with van der Waals surface area (Å²) in [6, 6.07) is 15.1. The van der Waals surface area contributed by atoms with Crippen LogP contribution >= 0.6 is 0 Å². The molecule has 0 radical (unpaired) electrons. The molecule has 0 spiro atoms. The van der Waals surface area contributed by atoms with Gasteiger partial charge >= 0.3 is 0 Å². The zero-order chi connectivity index (χ0) is 29.3. The maximum Gasteiger partial charge on any atom is 0.272 e. The number of nitrogens with zero attached hydrogens (tertiary/aromatic N) is 6. The first-order valence-electron chi connectivity index (χ1n) is 13.6. The predicted molar refractivity (Wildman–Crippen MR) is 159 cm³/mol. The molecule has 10 heteroatoms. The van der Waals surface area contributed by atoms with Gasteiger partial charge in [0.25, 0.3) is 5.91 Å². The van der Waals surface area contributed by atoms with Crippen LogP contribution in [0.25, 0.3) is 10.9 Å². The molecular formula is C31H35N7O3. The van der Waals surface area contributed by atoms with Crippen molar-refractivity contribution < 1.29 is 14.3 Å². The smallest absolute Gasteiger partial charge is 0.272 e. The van der Waals surface area contributed by atoms with E-state index in [2.05, 4.69) is 59.0 Å². The Morgan fingerprint density at radius 3 is 2.51 bits per heavy atom. The number of carbonyl (C=O) groups excluding carboxylic acids is 1. The average Bonchev–Trinajstić information content (AvgIpc) is 3.30. The van der Waals surface area contributed by atoms with Crippen LogP contribution in [0.3, 0.4) is 0 Å². The normalized spacial score (nSPS) is 14.1. The molecule has 2 aromatic carbocycles. The number of hydrogen-bond acceptors (Lipinski definition) is 8. The molecular weight excluding hydrogens is 518 g/mol. The minimum absolute atomic E-state index is 0.228. The number of piperazine rings is 1. The summed E-state index contributed by atoms with van der Waals surface area (Å²) in [6.45, 7) is 9.77. The highest BCUT2D eigenvalue weighted by Crippen LogP contribution is 2.36. The number of para-hydroxylation sites is 1. The minimum Gasteiger partial charge on any atom is -0.493 e. The lowest BCUT2D eigenvalue weighted by Gasteiger charge is -2.32. The predicted octanol–water partition coefficient (Wildman–Crippen LogP) is 4.94. The van der Waals surface area contributed by atoms with Crippen molar-refractivity contribution in [2.75, 3.05) is 50.6 Å². The first-order chi connectivity index (χ1) is 19.6. The fourth-order valence-corrected chi connectivity index (χ4v) is 4.98. The average molecular weight is 554 g/mol. The Balaban J connectivity index is 1.45. The second kappa shape index (κ2) is 11.1. The Hall–Kier alpha value is -4.62. The van der Waals surface area contributed by atoms with Gasteiger partial charge in [-0.15, -0.1) is 0 Å². The van der Waals surface area contributed by atoms with Crippen molar-refractivity contribution in [3.8, 4) is 23.4 Å². The van der Waals surface area contributed by atoms with Crippen molar-refractivity contribution >= 4 is 28.4 Å². The molecule has 0 atom stereocenters. The Bertz CT molecular complexity index is 1640. The number of aryl methyl sites for hydroxylation is 1. The van der Waals surface area contributed by atoms with Crippen LogP contribution in [0.5, 0.6) is 17.4 Å². The van der Waals surface area contributed by atoms with Crippen molar-refractivity contribution in [3.63, 3.8) is 0 Å². The number of aromatic nitrogens is 3. The van der Waals surface area contributed by atoms with Gasteiger partial charge in [0.2, 0.25) is 11.8 Å². The van der Waals surface area contributed by atoms with Gasteiger partial charge in [0.05, 0.1) is 23.9 Å². The van der Waals surface area contributed by atoms with Crippen LogP contribution in [0.2, 0.25) is 0 Å². The molecule has 5 rings (SSSR count). The number of benzene rings is 2. The van der Waals surface area contributed by atoms with Crippen LogP contribution in [0, 0.1) is 11.3 Å². The van der Waals surface area contributed by atoms with Gasteiger partial charge in [-0.2, -0.15) is 10.2 Å². The summed E-state index contributed by atoms with van der Waals surface area (Å²) >= 11 is 0. The standard InChI is InChI=1S/C31H35N7O3/c1-31(2,3)22-16-21(19-32)28(40-6)23(18-22)34-29(39)24-17-20-8-7-9-25(27(20)37(24)5)41-26-10-11-33-30(35-26)38-14-12-36(4)13-15-38/h7-11,16-18H,12-15H2,1-6H3,(H,34,39). The van der Waals surface area contributed by atoms with Crippen molar-refractivity contribution in [1.82, 2.24) is 19.4 Å². The first kappa shape index (κ1) is 27.9. The van der Waals surface area contributed by atoms with E-state index in [-0.39, 0.29) is 11.3 Å². The zero-order valence-electron chi connectivity index (χ0n) is 24.4. The van der Waals surface area contributed by atoms with Gasteiger partial charge in [-0.05, 0) is 42.3 Å². The van der Waals surface area contributed by atoms with E-state index in [9.17, 15) is 10.1 Å². The molecule has 2 aromatic heterocycles. The summed E-state index contributed by atoms with van der Waals surface area (Å²) in [5.74, 6) is 1.64. The summed E-state index contributed by atoms with van der Waals surface area (Å²) in [5, 5.41) is 13.6. The lowest BCUT2D eigenvalue weighted by atomic mass is 9.85. The van der Waals surface area contributed by atoms with Gasteiger partial charge in [-0.3, -0.25) is 4.79 Å². The number of ether oxygens (including phenoxy) is 2. The van der Waals surface area contributed by atoms with Crippen molar-refractivity contribution in [1.29, 1.82) is 5.26 Å². The summed E-state index contributed by atoms with van der Waals surface area (Å²) in [5.41, 5.74) is 2.68. The third-order valence-electron chi connectivity index (χ3n) is 7.40. The van der Waals surface area contributed by atoms with E-state index in [1.807, 2.05) is 37.4 Å². The number of carbonyl (C=O) groups is 1. The summed E-state index contributed by atoms with van der Waals surface area (Å²) in [7, 11) is 5.42. The number of methoxy groups -OCH3 is 1. The van der Waals surface area contributed by atoms with Crippen molar-refractivity contribution in [3.05, 3.63) is 65.5 Å². The van der Waals surface area contributed by atoms with Gasteiger partial charge in [0.1, 0.15) is 11.8 Å². The quantitative estimate of drug-likeness (QED) is 0.358. The summed E-state index contributed by atoms with van der Waals surface area (Å²) in [4.78, 5) is 27.1. The first-order valence-corrected chi connectivity index (χ1v) is 13.6. The molecule has 3 heterocycles. The molecule has 1 amide bonds. The number of hydrogen-bond donors (Lipinski definition) is 1. The molecule has 10 nitrogen and oxygen atoms in total. The van der Waals surface area contributed by atoms with Gasteiger partial charge in [0.15, 0.2) is 11.5 Å². The maximum absolute atomic E-state index is 13.6. The van der Waals surface area contributed by atoms with E-state index < -0.39 is 0 Å². The molecule has 1 N–H and O–H groups in total. The second-order valence-corrected chi connectivity index (χ2v) is 11.3. The molecule has 4 aromatic rings. The van der Waals surface area contributed by atoms with Gasteiger partial charge in [-0.1, -0.05) is 32.9 Å². The summed E-state index contributed by atoms with van der Waals surface area (Å²) < 4.78 is 13.6. The van der Waals surface area contributed by atoms with Crippen LogP contribution < -0.4 is 19.7 Å². The van der Waals surface area contributed by atoms with E-state index in [1.54, 1.807) is 22.9 Å². The number of rotatable bonds is 6. The van der Waals surface area contributed by atoms with Crippen LogP contribution in [0.1, 0.15) is 42.4 Å². The third-order valence-corrected chi connectivity index (χ3v) is 7.40. The number of nitrogens with one attached hydrogen (secondary N) is 1. The molecule has 1 aliphatic heterocycles. The molecule has 212 valence electrons. The SMILES string of the molecule is COc1c(C#N)cc(C(C)(C)C)cc1NC(=O)c1cc2cccc(Oc3ccnc(N4CCN(C)CC4)n3)c2n1C. The van der Waals surface area contributed by atoms with Crippen LogP contribution in [-0.2, 0) is 12.5 Å². The van der Waals surface area contributed by atoms with Gasteiger partial charge in [-0.25, -0.2) is 4.98 Å². The number of anilines is 2. The Labute approximate surface area is 240 Å². The van der Waals surface area contributed by atoms with Crippen molar-refractivity contribution in [2.24, 2.45) is 7.05 Å². The highest BCUT2D eigenvalue weighted by molar-refractivity contribution is 6.08. The topological polar surface area (TPSA) is 109 Å². The van der Waals surface area contributed by atoms with E-state index in [0.29, 0.717) is 40.3 Å². The van der Waals surface area contributed by atoms with Crippen LogP contribution in [0.4, 0.5) is 11.6 Å². The fraction of sp³-hybridized carbons (Fsp3) is 0.355. The van der Waals surface area contributed by atoms with Crippen LogP contribution in [-0.4, -0.2) is 65.7 Å². The number of amides is 1. The van der Waals surface area contributed by atoms with E-state index in [0.717, 1.165) is 42.6 Å². The molecule has 1 aliphatic rings. The lowest BCUT2D eigenvalue weighted by Crippen LogP contribution is -2.45. The second-order valence-electron chi connectivity index (χ2n) is 11.3. The van der Waals surface area contributed by atoms with Crippen molar-refractivity contribution in [2.45, 2.75) is 26.2 Å². The lowest BCUT2D eigenvalue weighted by molar-refractivity contribution is 0.101. The Morgan fingerprint density at radius 1 is 1.07 bits per heavy atom. The van der Waals surface area contributed by atoms with E-state index >= 15 is 0 Å². The van der Waals surface area contributed by atoms with E-state index in [4.69, 9.17) is 9.47 Å². The largest absolute Gasteiger partial charge is 0.493 e. The summed E-state index contributed by atoms with van der Waals surface area (Å²) in [6.07, 6.45) is 1.70. The molecule has 0 aliphatic carbocycles. The van der Waals surface area contributed by atoms with E-state index in [1.165, 1.54) is 7.11 Å². The number of fused-ring (bicyclic) bond motifs is 1. The fourth-order valence-electron chi connectivity index (χ4n) is 4.98. The third kappa shape index (κ3) is 5.67. The zero-order valence-corrected chi connectivity index (χ0v) is 24.4.